The van der Waals surface area contributed by atoms with E-state index < -0.39 is 0 Å². The van der Waals surface area contributed by atoms with Crippen LogP contribution in [0.1, 0.15) is 6.92 Å². The number of aromatic nitrogens is 4. The second-order valence-corrected chi connectivity index (χ2v) is 4.80. The highest BCUT2D eigenvalue weighted by Crippen LogP contribution is 2.22. The fourth-order valence-electron chi connectivity index (χ4n) is 1.28. The zero-order valence-corrected chi connectivity index (χ0v) is 10.4. The summed E-state index contributed by atoms with van der Waals surface area (Å²) in [5.74, 6) is 0.127. The Labute approximate surface area is 108 Å². The van der Waals surface area contributed by atoms with Crippen molar-refractivity contribution < 1.29 is 5.21 Å². The van der Waals surface area contributed by atoms with Gasteiger partial charge >= 0.3 is 0 Å². The molecule has 18 heavy (non-hydrogen) atoms. The van der Waals surface area contributed by atoms with Gasteiger partial charge in [-0.05, 0) is 29.5 Å². The van der Waals surface area contributed by atoms with E-state index in [4.69, 9.17) is 10.9 Å². The molecule has 1 aromatic heterocycles. The summed E-state index contributed by atoms with van der Waals surface area (Å²) in [7, 11) is 0. The molecule has 1 aromatic carbocycles. The van der Waals surface area contributed by atoms with Crippen molar-refractivity contribution in [3.8, 4) is 5.69 Å². The minimum absolute atomic E-state index is 0.127. The summed E-state index contributed by atoms with van der Waals surface area (Å²) in [4.78, 5) is 0. The number of hydrogen-bond donors (Lipinski definition) is 2. The van der Waals surface area contributed by atoms with Crippen LogP contribution in [0, 0.1) is 0 Å². The molecule has 0 saturated carbocycles. The maximum absolute atomic E-state index is 8.61. The summed E-state index contributed by atoms with van der Waals surface area (Å²) in [5, 5.41) is 23.4. The third-order valence-corrected chi connectivity index (χ3v) is 3.32. The minimum atomic E-state index is -0.219. The topological polar surface area (TPSA) is 102 Å². The molecule has 0 aliphatic rings. The molecule has 0 aliphatic heterocycles. The first kappa shape index (κ1) is 12.4. The van der Waals surface area contributed by atoms with Gasteiger partial charge in [0.1, 0.15) is 0 Å². The van der Waals surface area contributed by atoms with Crippen LogP contribution in [-0.4, -0.2) is 36.5 Å². The zero-order chi connectivity index (χ0) is 13.0. The van der Waals surface area contributed by atoms with E-state index in [0.717, 1.165) is 5.69 Å². The smallest absolute Gasteiger partial charge is 0.214 e. The van der Waals surface area contributed by atoms with Gasteiger partial charge in [0.2, 0.25) is 5.16 Å². The molecule has 0 amide bonds. The second-order valence-electron chi connectivity index (χ2n) is 3.49. The first-order valence-electron chi connectivity index (χ1n) is 5.20. The Morgan fingerprint density at radius 3 is 2.83 bits per heavy atom. The molecule has 1 atom stereocenters. The molecule has 0 spiro atoms. The molecule has 0 radical (unpaired) electrons. The molecule has 94 valence electrons. The molecule has 0 saturated heterocycles. The van der Waals surface area contributed by atoms with E-state index >= 15 is 0 Å². The lowest BCUT2D eigenvalue weighted by atomic mass is 10.3. The third-order valence-electron chi connectivity index (χ3n) is 2.26. The number of benzene rings is 1. The number of tetrazole rings is 1. The summed E-state index contributed by atoms with van der Waals surface area (Å²) in [6, 6.07) is 9.51. The number of thioether (sulfide) groups is 1. The lowest BCUT2D eigenvalue weighted by molar-refractivity contribution is 0.317. The summed E-state index contributed by atoms with van der Waals surface area (Å²) < 4.78 is 1.60. The van der Waals surface area contributed by atoms with Crippen LogP contribution in [-0.2, 0) is 0 Å². The highest BCUT2D eigenvalue weighted by molar-refractivity contribution is 8.00. The van der Waals surface area contributed by atoms with Crippen LogP contribution in [0.25, 0.3) is 5.69 Å². The molecule has 2 aromatic rings. The van der Waals surface area contributed by atoms with E-state index in [2.05, 4.69) is 20.7 Å². The molecule has 1 heterocycles. The van der Waals surface area contributed by atoms with E-state index in [1.165, 1.54) is 11.8 Å². The van der Waals surface area contributed by atoms with Gasteiger partial charge in [0.15, 0.2) is 5.84 Å². The van der Waals surface area contributed by atoms with Crippen molar-refractivity contribution >= 4 is 17.6 Å². The van der Waals surface area contributed by atoms with Crippen molar-refractivity contribution in [2.75, 3.05) is 0 Å². The monoisotopic (exact) mass is 264 g/mol. The van der Waals surface area contributed by atoms with Crippen molar-refractivity contribution in [3.05, 3.63) is 30.3 Å². The number of oxime groups is 1. The zero-order valence-electron chi connectivity index (χ0n) is 9.63. The number of hydrogen-bond acceptors (Lipinski definition) is 6. The standard InChI is InChI=1S/C10H12N6OS/c1-7(9(11)13-17)18-10-12-14-15-16(10)8-5-3-2-4-6-8/h2-7,17H,1H3,(H2,11,13). The maximum atomic E-state index is 8.61. The van der Waals surface area contributed by atoms with Gasteiger partial charge in [0.25, 0.3) is 0 Å². The van der Waals surface area contributed by atoms with Crippen LogP contribution in [0.4, 0.5) is 0 Å². The highest BCUT2D eigenvalue weighted by Gasteiger charge is 2.15. The molecule has 0 aliphatic carbocycles. The van der Waals surface area contributed by atoms with Crippen molar-refractivity contribution in [2.45, 2.75) is 17.3 Å². The molecule has 7 nitrogen and oxygen atoms in total. The lowest BCUT2D eigenvalue weighted by Gasteiger charge is -2.08. The molecule has 2 rings (SSSR count). The van der Waals surface area contributed by atoms with Crippen LogP contribution in [0.5, 0.6) is 0 Å². The largest absolute Gasteiger partial charge is 0.409 e. The van der Waals surface area contributed by atoms with Gasteiger partial charge in [-0.25, -0.2) is 0 Å². The average Bonchev–Trinajstić information content (AvgIpc) is 2.86. The van der Waals surface area contributed by atoms with E-state index in [1.54, 1.807) is 4.68 Å². The van der Waals surface area contributed by atoms with E-state index in [0.29, 0.717) is 5.16 Å². The first-order chi connectivity index (χ1) is 8.72. The number of amidine groups is 1. The molecular formula is C10H12N6OS. The Bertz CT molecular complexity index is 540. The van der Waals surface area contributed by atoms with E-state index in [1.807, 2.05) is 37.3 Å². The van der Waals surface area contributed by atoms with Crippen LogP contribution in [0.15, 0.2) is 40.6 Å². The Hall–Kier alpha value is -2.09. The third kappa shape index (κ3) is 2.59. The van der Waals surface area contributed by atoms with Gasteiger partial charge in [-0.15, -0.1) is 5.10 Å². The average molecular weight is 264 g/mol. The Morgan fingerprint density at radius 1 is 1.44 bits per heavy atom. The molecule has 0 bridgehead atoms. The van der Waals surface area contributed by atoms with Gasteiger partial charge < -0.3 is 10.9 Å². The lowest BCUT2D eigenvalue weighted by Crippen LogP contribution is -2.23. The first-order valence-corrected chi connectivity index (χ1v) is 6.08. The number of nitrogens with zero attached hydrogens (tertiary/aromatic N) is 5. The van der Waals surface area contributed by atoms with E-state index in [-0.39, 0.29) is 11.1 Å². The van der Waals surface area contributed by atoms with E-state index in [9.17, 15) is 0 Å². The minimum Gasteiger partial charge on any atom is -0.409 e. The van der Waals surface area contributed by atoms with Crippen LogP contribution >= 0.6 is 11.8 Å². The van der Waals surface area contributed by atoms with Crippen LogP contribution in [0.3, 0.4) is 0 Å². The predicted molar refractivity (Wildman–Crippen MR) is 67.9 cm³/mol. The summed E-state index contributed by atoms with van der Waals surface area (Å²) in [6.07, 6.45) is 0. The summed E-state index contributed by atoms with van der Waals surface area (Å²) in [5.41, 5.74) is 6.38. The van der Waals surface area contributed by atoms with Crippen LogP contribution in [0.2, 0.25) is 0 Å². The number of rotatable bonds is 4. The summed E-state index contributed by atoms with van der Waals surface area (Å²) >= 11 is 1.32. The number of nitrogens with two attached hydrogens (primary N) is 1. The van der Waals surface area contributed by atoms with Gasteiger partial charge in [-0.3, -0.25) is 0 Å². The Morgan fingerprint density at radius 2 is 2.17 bits per heavy atom. The van der Waals surface area contributed by atoms with Crippen LogP contribution < -0.4 is 5.73 Å². The van der Waals surface area contributed by atoms with Crippen molar-refractivity contribution in [1.82, 2.24) is 20.2 Å². The SMILES string of the molecule is CC(Sc1nnnn1-c1ccccc1)C(N)=NO. The predicted octanol–water partition coefficient (Wildman–Crippen LogP) is 0.889. The molecular weight excluding hydrogens is 252 g/mol. The van der Waals surface area contributed by atoms with Gasteiger partial charge in [-0.1, -0.05) is 35.1 Å². The normalized spacial score (nSPS) is 13.5. The number of para-hydroxylation sites is 1. The quantitative estimate of drug-likeness (QED) is 0.279. The highest BCUT2D eigenvalue weighted by atomic mass is 32.2. The van der Waals surface area contributed by atoms with Gasteiger partial charge in [-0.2, -0.15) is 4.68 Å². The van der Waals surface area contributed by atoms with Crippen molar-refractivity contribution in [2.24, 2.45) is 10.9 Å². The van der Waals surface area contributed by atoms with Crippen molar-refractivity contribution in [3.63, 3.8) is 0 Å². The summed E-state index contributed by atoms with van der Waals surface area (Å²) in [6.45, 7) is 1.81. The fourth-order valence-corrected chi connectivity index (χ4v) is 2.09. The fraction of sp³-hybridized carbons (Fsp3) is 0.200. The van der Waals surface area contributed by atoms with Gasteiger partial charge in [0, 0.05) is 0 Å². The Kier molecular flexibility index (Phi) is 3.78. The van der Waals surface area contributed by atoms with Crippen molar-refractivity contribution in [1.29, 1.82) is 0 Å². The Balaban J connectivity index is 2.24. The maximum Gasteiger partial charge on any atom is 0.214 e. The molecule has 3 N–H and O–H groups in total. The molecule has 0 fully saturated rings. The van der Waals surface area contributed by atoms with Gasteiger partial charge in [0.05, 0.1) is 10.9 Å². The molecule has 1 unspecified atom stereocenters. The second kappa shape index (κ2) is 5.50. The molecule has 8 heteroatoms.